The number of fused-ring (bicyclic) bond motifs is 1. The fourth-order valence-corrected chi connectivity index (χ4v) is 3.11. The van der Waals surface area contributed by atoms with E-state index in [1.807, 2.05) is 6.07 Å². The Bertz CT molecular complexity index is 541. The van der Waals surface area contributed by atoms with Gasteiger partial charge in [0.25, 0.3) is 0 Å². The highest BCUT2D eigenvalue weighted by Gasteiger charge is 2.43. The molecule has 0 saturated carbocycles. The summed E-state index contributed by atoms with van der Waals surface area (Å²) in [5.41, 5.74) is 1.01. The summed E-state index contributed by atoms with van der Waals surface area (Å²) in [6.45, 7) is 8.19. The molecule has 0 bridgehead atoms. The predicted octanol–water partition coefficient (Wildman–Crippen LogP) is 3.84. The van der Waals surface area contributed by atoms with Gasteiger partial charge < -0.3 is 14.8 Å². The van der Waals surface area contributed by atoms with Crippen molar-refractivity contribution < 1.29 is 18.3 Å². The average Bonchev–Trinajstić information content (AvgIpc) is 2.78. The molecule has 1 atom stereocenters. The molecule has 24 heavy (non-hydrogen) atoms. The lowest BCUT2D eigenvalue weighted by molar-refractivity contribution is -0.286. The van der Waals surface area contributed by atoms with Gasteiger partial charge in [0.15, 0.2) is 11.5 Å². The molecule has 0 radical (unpaired) electrons. The fourth-order valence-electron chi connectivity index (χ4n) is 3.11. The molecule has 0 aromatic heterocycles. The van der Waals surface area contributed by atoms with Gasteiger partial charge >= 0.3 is 6.29 Å². The molecule has 2 aliphatic heterocycles. The minimum atomic E-state index is -3.55. The molecular weight excluding hydrogens is 361 g/mol. The van der Waals surface area contributed by atoms with Crippen LogP contribution in [0.3, 0.4) is 0 Å². The number of alkyl halides is 2. The smallest absolute Gasteiger partial charge is 0.395 e. The zero-order chi connectivity index (χ0) is 15.7. The lowest BCUT2D eigenvalue weighted by Gasteiger charge is -2.36. The number of nitrogens with one attached hydrogen (secondary N) is 1. The predicted molar refractivity (Wildman–Crippen MR) is 93.8 cm³/mol. The summed E-state index contributed by atoms with van der Waals surface area (Å²) in [4.78, 5) is 2.41. The van der Waals surface area contributed by atoms with E-state index in [-0.39, 0.29) is 42.4 Å². The second-order valence-electron chi connectivity index (χ2n) is 6.30. The van der Waals surface area contributed by atoms with Gasteiger partial charge in [-0.3, -0.25) is 4.90 Å². The first-order valence-electron chi connectivity index (χ1n) is 7.79. The van der Waals surface area contributed by atoms with Gasteiger partial charge in [0.2, 0.25) is 0 Å². The van der Waals surface area contributed by atoms with Crippen LogP contribution in [0.25, 0.3) is 0 Å². The third kappa shape index (κ3) is 4.85. The molecule has 0 spiro atoms. The SMILES string of the molecule is CC(C)C[C@H](c1ccc2c(c1)OC(F)(F)O2)N1CCNCC1.Cl.Cl. The minimum absolute atomic E-state index is 0. The maximum Gasteiger partial charge on any atom is 0.586 e. The molecule has 0 amide bonds. The second-order valence-corrected chi connectivity index (χ2v) is 6.30. The first-order chi connectivity index (χ1) is 10.4. The van der Waals surface area contributed by atoms with Gasteiger partial charge in [-0.1, -0.05) is 19.9 Å². The number of benzene rings is 1. The Balaban J connectivity index is 0.00000144. The maximum absolute atomic E-state index is 13.2. The van der Waals surface area contributed by atoms with E-state index in [1.54, 1.807) is 12.1 Å². The summed E-state index contributed by atoms with van der Waals surface area (Å²) >= 11 is 0. The van der Waals surface area contributed by atoms with E-state index in [1.165, 1.54) is 0 Å². The topological polar surface area (TPSA) is 33.7 Å². The van der Waals surface area contributed by atoms with Crippen LogP contribution in [0.1, 0.15) is 31.9 Å². The number of rotatable bonds is 4. The molecule has 8 heteroatoms. The number of ether oxygens (including phenoxy) is 2. The van der Waals surface area contributed by atoms with Gasteiger partial charge in [-0.05, 0) is 30.0 Å². The summed E-state index contributed by atoms with van der Waals surface area (Å²) in [5, 5.41) is 3.34. The highest BCUT2D eigenvalue weighted by atomic mass is 35.5. The maximum atomic E-state index is 13.2. The van der Waals surface area contributed by atoms with Gasteiger partial charge in [-0.2, -0.15) is 0 Å². The quantitative estimate of drug-likeness (QED) is 0.854. The molecular formula is C16H24Cl2F2N2O2. The van der Waals surface area contributed by atoms with Crippen molar-refractivity contribution in [2.75, 3.05) is 26.2 Å². The highest BCUT2D eigenvalue weighted by molar-refractivity contribution is 5.85. The lowest BCUT2D eigenvalue weighted by Crippen LogP contribution is -2.45. The molecule has 4 nitrogen and oxygen atoms in total. The fraction of sp³-hybridized carbons (Fsp3) is 0.625. The van der Waals surface area contributed by atoms with E-state index in [0.29, 0.717) is 5.92 Å². The van der Waals surface area contributed by atoms with Crippen molar-refractivity contribution in [2.24, 2.45) is 5.92 Å². The summed E-state index contributed by atoms with van der Waals surface area (Å²) in [7, 11) is 0. The first kappa shape index (κ1) is 21.2. The van der Waals surface area contributed by atoms with Crippen molar-refractivity contribution in [2.45, 2.75) is 32.6 Å². The van der Waals surface area contributed by atoms with E-state index in [4.69, 9.17) is 0 Å². The highest BCUT2D eigenvalue weighted by Crippen LogP contribution is 2.43. The van der Waals surface area contributed by atoms with Gasteiger partial charge in [0.1, 0.15) is 0 Å². The molecule has 3 rings (SSSR count). The molecule has 2 aliphatic rings. The molecule has 1 N–H and O–H groups in total. The van der Waals surface area contributed by atoms with Crippen molar-refractivity contribution in [3.63, 3.8) is 0 Å². The Morgan fingerprint density at radius 1 is 1.12 bits per heavy atom. The number of halogens is 4. The summed E-state index contributed by atoms with van der Waals surface area (Å²) in [6.07, 6.45) is -2.57. The number of hydrogen-bond donors (Lipinski definition) is 1. The second kappa shape index (κ2) is 8.52. The Morgan fingerprint density at radius 3 is 2.38 bits per heavy atom. The summed E-state index contributed by atoms with van der Waals surface area (Å²) in [5.74, 6) is 0.760. The standard InChI is InChI=1S/C16H22F2N2O2.2ClH/c1-11(2)9-13(20-7-5-19-6-8-20)12-3-4-14-15(10-12)22-16(17,18)21-14;;/h3-4,10-11,13,19H,5-9H2,1-2H3;2*1H/t13-;;/m1../s1. The van der Waals surface area contributed by atoms with Crippen LogP contribution in [0.4, 0.5) is 8.78 Å². The van der Waals surface area contributed by atoms with Gasteiger partial charge in [-0.25, -0.2) is 0 Å². The van der Waals surface area contributed by atoms with E-state index in [9.17, 15) is 8.78 Å². The normalized spacial score (nSPS) is 20.2. The van der Waals surface area contributed by atoms with Crippen molar-refractivity contribution in [1.82, 2.24) is 10.2 Å². The molecule has 1 aromatic carbocycles. The molecule has 1 fully saturated rings. The van der Waals surface area contributed by atoms with Crippen LogP contribution in [-0.4, -0.2) is 37.4 Å². The average molecular weight is 385 g/mol. The van der Waals surface area contributed by atoms with E-state index in [0.717, 1.165) is 38.2 Å². The first-order valence-corrected chi connectivity index (χ1v) is 7.79. The van der Waals surface area contributed by atoms with Crippen molar-refractivity contribution >= 4 is 24.8 Å². The largest absolute Gasteiger partial charge is 0.586 e. The Morgan fingerprint density at radius 2 is 1.75 bits per heavy atom. The number of piperazine rings is 1. The van der Waals surface area contributed by atoms with Crippen molar-refractivity contribution in [3.8, 4) is 11.5 Å². The van der Waals surface area contributed by atoms with Crippen LogP contribution in [0.5, 0.6) is 11.5 Å². The molecule has 0 unspecified atom stereocenters. The lowest BCUT2D eigenvalue weighted by atomic mass is 9.94. The van der Waals surface area contributed by atoms with Crippen LogP contribution >= 0.6 is 24.8 Å². The van der Waals surface area contributed by atoms with E-state index >= 15 is 0 Å². The van der Waals surface area contributed by atoms with Crippen LogP contribution in [0.15, 0.2) is 18.2 Å². The third-order valence-corrected chi connectivity index (χ3v) is 4.10. The third-order valence-electron chi connectivity index (χ3n) is 4.10. The van der Waals surface area contributed by atoms with E-state index < -0.39 is 6.29 Å². The molecule has 138 valence electrons. The molecule has 1 aromatic rings. The summed E-state index contributed by atoms with van der Waals surface area (Å²) < 4.78 is 35.4. The zero-order valence-corrected chi connectivity index (χ0v) is 15.4. The Labute approximate surface area is 153 Å². The van der Waals surface area contributed by atoms with Crippen LogP contribution in [0, 0.1) is 5.92 Å². The van der Waals surface area contributed by atoms with Crippen LogP contribution in [0.2, 0.25) is 0 Å². The summed E-state index contributed by atoms with van der Waals surface area (Å²) in [6, 6.07) is 5.37. The molecule has 0 aliphatic carbocycles. The Hall–Kier alpha value is -0.820. The van der Waals surface area contributed by atoms with Gasteiger partial charge in [-0.15, -0.1) is 33.6 Å². The minimum Gasteiger partial charge on any atom is -0.395 e. The Kier molecular flexibility index (Phi) is 7.53. The zero-order valence-electron chi connectivity index (χ0n) is 13.8. The van der Waals surface area contributed by atoms with Crippen LogP contribution in [-0.2, 0) is 0 Å². The van der Waals surface area contributed by atoms with Gasteiger partial charge in [0.05, 0.1) is 0 Å². The monoisotopic (exact) mass is 384 g/mol. The molecule has 1 saturated heterocycles. The van der Waals surface area contributed by atoms with Crippen molar-refractivity contribution in [1.29, 1.82) is 0 Å². The molecule has 2 heterocycles. The van der Waals surface area contributed by atoms with Crippen molar-refractivity contribution in [3.05, 3.63) is 23.8 Å². The van der Waals surface area contributed by atoms with E-state index in [2.05, 4.69) is 33.5 Å². The van der Waals surface area contributed by atoms with Crippen LogP contribution < -0.4 is 14.8 Å². The van der Waals surface area contributed by atoms with Gasteiger partial charge in [0, 0.05) is 32.2 Å². The number of hydrogen-bond acceptors (Lipinski definition) is 4. The number of nitrogens with zero attached hydrogens (tertiary/aromatic N) is 1.